The number of thiophene rings is 1. The van der Waals surface area contributed by atoms with Crippen molar-refractivity contribution in [3.8, 4) is 0 Å². The van der Waals surface area contributed by atoms with Crippen molar-refractivity contribution < 1.29 is 14.0 Å². The molecule has 1 aliphatic rings. The Balaban J connectivity index is 1.55. The summed E-state index contributed by atoms with van der Waals surface area (Å²) < 4.78 is 13.4. The molecule has 1 aromatic heterocycles. The molecule has 0 atom stereocenters. The summed E-state index contributed by atoms with van der Waals surface area (Å²) in [6.45, 7) is 2.47. The standard InChI is InChI=1S/C16H15FN2O2S/c1-10-4-5-12(7-13(10)17)18-15(20)11-8-19(9-11)16(21)14-3-2-6-22-14/h2-7,11H,8-9H2,1H3,(H,18,20). The number of likely N-dealkylation sites (tertiary alicyclic amines) is 1. The van der Waals surface area contributed by atoms with Crippen LogP contribution < -0.4 is 5.32 Å². The number of nitrogens with zero attached hydrogens (tertiary/aromatic N) is 1. The van der Waals surface area contributed by atoms with Crippen LogP contribution in [0.4, 0.5) is 10.1 Å². The van der Waals surface area contributed by atoms with E-state index in [1.54, 1.807) is 30.0 Å². The number of anilines is 1. The molecule has 6 heteroatoms. The van der Waals surface area contributed by atoms with Gasteiger partial charge in [-0.2, -0.15) is 0 Å². The van der Waals surface area contributed by atoms with Gasteiger partial charge in [0.1, 0.15) is 5.82 Å². The molecular formula is C16H15FN2O2S. The molecule has 22 heavy (non-hydrogen) atoms. The van der Waals surface area contributed by atoms with E-state index in [2.05, 4.69) is 5.32 Å². The fraction of sp³-hybridized carbons (Fsp3) is 0.250. The van der Waals surface area contributed by atoms with Gasteiger partial charge in [0.25, 0.3) is 5.91 Å². The predicted octanol–water partition coefficient (Wildman–Crippen LogP) is 2.91. The number of hydrogen-bond donors (Lipinski definition) is 1. The Bertz CT molecular complexity index is 709. The molecule has 0 aliphatic carbocycles. The minimum Gasteiger partial charge on any atom is -0.336 e. The van der Waals surface area contributed by atoms with E-state index in [9.17, 15) is 14.0 Å². The van der Waals surface area contributed by atoms with Gasteiger partial charge in [-0.15, -0.1) is 11.3 Å². The number of halogens is 1. The van der Waals surface area contributed by atoms with Crippen LogP contribution in [0.3, 0.4) is 0 Å². The molecule has 1 N–H and O–H groups in total. The van der Waals surface area contributed by atoms with Crippen molar-refractivity contribution in [2.75, 3.05) is 18.4 Å². The minimum atomic E-state index is -0.346. The lowest BCUT2D eigenvalue weighted by Crippen LogP contribution is -2.54. The summed E-state index contributed by atoms with van der Waals surface area (Å²) in [4.78, 5) is 26.5. The van der Waals surface area contributed by atoms with Gasteiger partial charge >= 0.3 is 0 Å². The zero-order chi connectivity index (χ0) is 15.7. The maximum Gasteiger partial charge on any atom is 0.263 e. The van der Waals surface area contributed by atoms with Gasteiger partial charge in [0.05, 0.1) is 10.8 Å². The minimum absolute atomic E-state index is 0.0413. The SMILES string of the molecule is Cc1ccc(NC(=O)C2CN(C(=O)c3cccs3)C2)cc1F. The maximum atomic E-state index is 13.4. The second kappa shape index (κ2) is 5.88. The fourth-order valence-corrected chi connectivity index (χ4v) is 2.97. The third kappa shape index (κ3) is 2.87. The average molecular weight is 318 g/mol. The highest BCUT2D eigenvalue weighted by Gasteiger charge is 2.36. The van der Waals surface area contributed by atoms with Crippen molar-refractivity contribution in [1.82, 2.24) is 4.90 Å². The Labute approximate surface area is 131 Å². The van der Waals surface area contributed by atoms with Crippen LogP contribution in [0.2, 0.25) is 0 Å². The van der Waals surface area contributed by atoms with Crippen LogP contribution in [0.5, 0.6) is 0 Å². The van der Waals surface area contributed by atoms with Crippen LogP contribution in [-0.4, -0.2) is 29.8 Å². The van der Waals surface area contributed by atoms with Crippen LogP contribution in [0, 0.1) is 18.7 Å². The average Bonchev–Trinajstić information content (AvgIpc) is 2.95. The summed E-state index contributed by atoms with van der Waals surface area (Å²) >= 11 is 1.39. The number of aryl methyl sites for hydroxylation is 1. The lowest BCUT2D eigenvalue weighted by molar-refractivity contribution is -0.123. The number of benzene rings is 1. The second-order valence-corrected chi connectivity index (χ2v) is 6.29. The topological polar surface area (TPSA) is 49.4 Å². The molecule has 0 saturated carbocycles. The molecule has 1 aliphatic heterocycles. The zero-order valence-electron chi connectivity index (χ0n) is 12.0. The molecule has 0 radical (unpaired) electrons. The molecular weight excluding hydrogens is 303 g/mol. The third-order valence-corrected chi connectivity index (χ3v) is 4.57. The molecule has 2 heterocycles. The molecule has 4 nitrogen and oxygen atoms in total. The number of amides is 2. The Kier molecular flexibility index (Phi) is 3.94. The van der Waals surface area contributed by atoms with E-state index in [0.717, 1.165) is 0 Å². The van der Waals surface area contributed by atoms with Gasteiger partial charge in [-0.3, -0.25) is 9.59 Å². The van der Waals surface area contributed by atoms with Crippen LogP contribution >= 0.6 is 11.3 Å². The van der Waals surface area contributed by atoms with E-state index in [1.807, 2.05) is 11.4 Å². The first-order valence-corrected chi connectivity index (χ1v) is 7.82. The lowest BCUT2D eigenvalue weighted by atomic mass is 9.98. The molecule has 1 fully saturated rings. The summed E-state index contributed by atoms with van der Waals surface area (Å²) in [5, 5.41) is 4.54. The van der Waals surface area contributed by atoms with E-state index >= 15 is 0 Å². The molecule has 0 spiro atoms. The highest BCUT2D eigenvalue weighted by Crippen LogP contribution is 2.23. The first kappa shape index (κ1) is 14.7. The summed E-state index contributed by atoms with van der Waals surface area (Å²) in [6, 6.07) is 8.20. The summed E-state index contributed by atoms with van der Waals surface area (Å²) in [6.07, 6.45) is 0. The second-order valence-electron chi connectivity index (χ2n) is 5.34. The number of hydrogen-bond acceptors (Lipinski definition) is 3. The molecule has 0 unspecified atom stereocenters. The van der Waals surface area contributed by atoms with Gasteiger partial charge in [-0.25, -0.2) is 4.39 Å². The van der Waals surface area contributed by atoms with E-state index in [0.29, 0.717) is 29.2 Å². The van der Waals surface area contributed by atoms with Gasteiger partial charge < -0.3 is 10.2 Å². The summed E-state index contributed by atoms with van der Waals surface area (Å²) in [5.74, 6) is -0.812. The van der Waals surface area contributed by atoms with E-state index in [4.69, 9.17) is 0 Å². The van der Waals surface area contributed by atoms with E-state index in [1.165, 1.54) is 17.4 Å². The third-order valence-electron chi connectivity index (χ3n) is 3.71. The molecule has 1 saturated heterocycles. The van der Waals surface area contributed by atoms with Gasteiger partial charge in [-0.05, 0) is 36.1 Å². The van der Waals surface area contributed by atoms with Crippen LogP contribution in [-0.2, 0) is 4.79 Å². The van der Waals surface area contributed by atoms with Crippen molar-refractivity contribution in [3.05, 3.63) is 52.0 Å². The van der Waals surface area contributed by atoms with Crippen molar-refractivity contribution in [1.29, 1.82) is 0 Å². The van der Waals surface area contributed by atoms with Gasteiger partial charge in [0.15, 0.2) is 0 Å². The van der Waals surface area contributed by atoms with Crippen molar-refractivity contribution in [2.45, 2.75) is 6.92 Å². The molecule has 3 rings (SSSR count). The fourth-order valence-electron chi connectivity index (χ4n) is 2.28. The number of rotatable bonds is 3. The Morgan fingerprint density at radius 2 is 2.09 bits per heavy atom. The van der Waals surface area contributed by atoms with Crippen LogP contribution in [0.25, 0.3) is 0 Å². The summed E-state index contributed by atoms with van der Waals surface area (Å²) in [5.41, 5.74) is 0.977. The smallest absolute Gasteiger partial charge is 0.263 e. The Morgan fingerprint density at radius 3 is 2.73 bits per heavy atom. The van der Waals surface area contributed by atoms with Gasteiger partial charge in [0.2, 0.25) is 5.91 Å². The molecule has 2 aromatic rings. The van der Waals surface area contributed by atoms with Crippen LogP contribution in [0.15, 0.2) is 35.7 Å². The molecule has 2 amide bonds. The highest BCUT2D eigenvalue weighted by molar-refractivity contribution is 7.12. The first-order chi connectivity index (χ1) is 10.5. The predicted molar refractivity (Wildman–Crippen MR) is 83.5 cm³/mol. The Morgan fingerprint density at radius 1 is 1.32 bits per heavy atom. The maximum absolute atomic E-state index is 13.4. The molecule has 0 bridgehead atoms. The monoisotopic (exact) mass is 318 g/mol. The number of carbonyl (C=O) groups is 2. The quantitative estimate of drug-likeness (QED) is 0.946. The number of nitrogens with one attached hydrogen (secondary N) is 1. The van der Waals surface area contributed by atoms with Crippen molar-refractivity contribution in [3.63, 3.8) is 0 Å². The van der Waals surface area contributed by atoms with Crippen LogP contribution in [0.1, 0.15) is 15.2 Å². The first-order valence-electron chi connectivity index (χ1n) is 6.94. The zero-order valence-corrected chi connectivity index (χ0v) is 12.8. The van der Waals surface area contributed by atoms with Gasteiger partial charge in [-0.1, -0.05) is 12.1 Å². The molecule has 114 valence electrons. The molecule has 1 aromatic carbocycles. The van der Waals surface area contributed by atoms with E-state index in [-0.39, 0.29) is 23.5 Å². The van der Waals surface area contributed by atoms with E-state index < -0.39 is 0 Å². The normalized spacial score (nSPS) is 14.5. The Hall–Kier alpha value is -2.21. The van der Waals surface area contributed by atoms with Gasteiger partial charge in [0, 0.05) is 18.8 Å². The van der Waals surface area contributed by atoms with Crippen molar-refractivity contribution in [2.24, 2.45) is 5.92 Å². The lowest BCUT2D eigenvalue weighted by Gasteiger charge is -2.37. The number of carbonyl (C=O) groups excluding carboxylic acids is 2. The highest BCUT2D eigenvalue weighted by atomic mass is 32.1. The summed E-state index contributed by atoms with van der Waals surface area (Å²) in [7, 11) is 0. The largest absolute Gasteiger partial charge is 0.336 e. The van der Waals surface area contributed by atoms with Crippen molar-refractivity contribution >= 4 is 28.8 Å².